The van der Waals surface area contributed by atoms with E-state index in [2.05, 4.69) is 10.3 Å². The number of aromatic nitrogens is 1. The van der Waals surface area contributed by atoms with Crippen LogP contribution in [0.3, 0.4) is 0 Å². The van der Waals surface area contributed by atoms with E-state index in [9.17, 15) is 9.59 Å². The van der Waals surface area contributed by atoms with Gasteiger partial charge >= 0.3 is 5.97 Å². The van der Waals surface area contributed by atoms with Crippen LogP contribution in [0.25, 0.3) is 0 Å². The van der Waals surface area contributed by atoms with Crippen molar-refractivity contribution in [1.29, 1.82) is 0 Å². The molecule has 0 fully saturated rings. The Morgan fingerprint density at radius 1 is 1.42 bits per heavy atom. The van der Waals surface area contributed by atoms with Gasteiger partial charge in [-0.25, -0.2) is 0 Å². The van der Waals surface area contributed by atoms with Crippen LogP contribution in [0.1, 0.15) is 30.1 Å². The van der Waals surface area contributed by atoms with Crippen molar-refractivity contribution in [2.45, 2.75) is 19.8 Å². The van der Waals surface area contributed by atoms with Crippen LogP contribution in [0.4, 0.5) is 0 Å². The van der Waals surface area contributed by atoms with Gasteiger partial charge in [0, 0.05) is 19.2 Å². The molecule has 0 aliphatic carbocycles. The van der Waals surface area contributed by atoms with Crippen molar-refractivity contribution in [3.05, 3.63) is 24.0 Å². The second-order valence-corrected chi connectivity index (χ2v) is 3.60. The molecule has 1 rings (SSSR count). The summed E-state index contributed by atoms with van der Waals surface area (Å²) in [5, 5.41) is 11.8. The lowest BCUT2D eigenvalue weighted by Crippen LogP contribution is -3.00. The highest BCUT2D eigenvalue weighted by Gasteiger charge is 2.07. The van der Waals surface area contributed by atoms with E-state index in [1.165, 1.54) is 18.5 Å². The van der Waals surface area contributed by atoms with Crippen molar-refractivity contribution in [3.8, 4) is 5.75 Å². The van der Waals surface area contributed by atoms with E-state index < -0.39 is 0 Å². The van der Waals surface area contributed by atoms with Crippen molar-refractivity contribution >= 4 is 11.9 Å². The molecule has 0 aliphatic heterocycles. The van der Waals surface area contributed by atoms with E-state index in [1.807, 2.05) is 0 Å². The summed E-state index contributed by atoms with van der Waals surface area (Å²) < 4.78 is 4.75. The van der Waals surface area contributed by atoms with Crippen molar-refractivity contribution in [3.63, 3.8) is 0 Å². The Morgan fingerprint density at radius 2 is 2.16 bits per heavy atom. The third-order valence-electron chi connectivity index (χ3n) is 2.13. The largest absolute Gasteiger partial charge is 1.00 e. The van der Waals surface area contributed by atoms with E-state index >= 15 is 0 Å². The monoisotopic (exact) mass is 287 g/mol. The van der Waals surface area contributed by atoms with Gasteiger partial charge in [-0.3, -0.25) is 14.6 Å². The fraction of sp³-hybridized carbons (Fsp3) is 0.417. The molecule has 0 saturated carbocycles. The van der Waals surface area contributed by atoms with Crippen molar-refractivity contribution in [1.82, 2.24) is 10.3 Å². The topological polar surface area (TPSA) is 88.5 Å². The molecular weight excluding hydrogens is 272 g/mol. The maximum Gasteiger partial charge on any atom is 0.305 e. The number of pyridine rings is 1. The Balaban J connectivity index is 0.00000324. The summed E-state index contributed by atoms with van der Waals surface area (Å²) in [6.07, 6.45) is 3.39. The van der Waals surface area contributed by atoms with Gasteiger partial charge < -0.3 is 27.6 Å². The Bertz CT molecular complexity index is 426. The lowest BCUT2D eigenvalue weighted by molar-refractivity contribution is -0.143. The summed E-state index contributed by atoms with van der Waals surface area (Å²) in [4.78, 5) is 26.3. The Kier molecular flexibility index (Phi) is 8.28. The first-order valence-corrected chi connectivity index (χ1v) is 5.71. The summed E-state index contributed by atoms with van der Waals surface area (Å²) in [6, 6.07) is 1.33. The Morgan fingerprint density at radius 3 is 2.79 bits per heavy atom. The molecular formula is C12H16ClN2O4-. The second kappa shape index (κ2) is 9.16. The molecule has 1 aromatic heterocycles. The first-order chi connectivity index (χ1) is 8.63. The van der Waals surface area contributed by atoms with Crippen LogP contribution in [0, 0.1) is 0 Å². The Labute approximate surface area is 117 Å². The number of esters is 1. The number of carbonyl (C=O) groups is 2. The van der Waals surface area contributed by atoms with E-state index in [-0.39, 0.29) is 42.0 Å². The van der Waals surface area contributed by atoms with Crippen LogP contribution in [0.15, 0.2) is 18.5 Å². The van der Waals surface area contributed by atoms with Gasteiger partial charge in [0.1, 0.15) is 5.75 Å². The number of nitrogens with zero attached hydrogens (tertiary/aromatic N) is 1. The molecule has 0 aliphatic rings. The molecule has 106 valence electrons. The maximum absolute atomic E-state index is 11.6. The first kappa shape index (κ1) is 17.2. The predicted molar refractivity (Wildman–Crippen MR) is 64.1 cm³/mol. The summed E-state index contributed by atoms with van der Waals surface area (Å²) in [5.41, 5.74) is 0.283. The normalized spacial score (nSPS) is 9.32. The van der Waals surface area contributed by atoms with E-state index in [4.69, 9.17) is 9.84 Å². The molecule has 0 bridgehead atoms. The summed E-state index contributed by atoms with van der Waals surface area (Å²) in [7, 11) is 0. The lowest BCUT2D eigenvalue weighted by Gasteiger charge is -2.05. The van der Waals surface area contributed by atoms with Gasteiger partial charge in [-0.15, -0.1) is 0 Å². The average molecular weight is 288 g/mol. The zero-order valence-corrected chi connectivity index (χ0v) is 11.3. The number of halogens is 1. The van der Waals surface area contributed by atoms with Crippen LogP contribution in [-0.4, -0.2) is 35.1 Å². The lowest BCUT2D eigenvalue weighted by atomic mass is 10.2. The van der Waals surface area contributed by atoms with Crippen LogP contribution in [-0.2, 0) is 9.53 Å². The molecule has 6 nitrogen and oxygen atoms in total. The standard InChI is InChI=1S/C12H16N2O4.ClH/c1-2-18-11(16)4-3-5-14-12(17)9-6-10(15)8-13-7-9;/h6-8,15H,2-5H2,1H3,(H,14,17);1H/p-1. The van der Waals surface area contributed by atoms with E-state index in [1.54, 1.807) is 6.92 Å². The van der Waals surface area contributed by atoms with Gasteiger partial charge in [0.05, 0.1) is 18.4 Å². The number of hydrogen-bond donors (Lipinski definition) is 2. The predicted octanol–water partition coefficient (Wildman–Crippen LogP) is -2.14. The fourth-order valence-electron chi connectivity index (χ4n) is 1.32. The van der Waals surface area contributed by atoms with Gasteiger partial charge in [-0.1, -0.05) is 0 Å². The number of carbonyl (C=O) groups excluding carboxylic acids is 2. The van der Waals surface area contributed by atoms with Crippen LogP contribution in [0.2, 0.25) is 0 Å². The quantitative estimate of drug-likeness (QED) is 0.461. The maximum atomic E-state index is 11.6. The highest BCUT2D eigenvalue weighted by molar-refractivity contribution is 5.94. The number of nitrogens with one attached hydrogen (secondary N) is 1. The molecule has 1 aromatic rings. The van der Waals surface area contributed by atoms with Gasteiger partial charge in [-0.2, -0.15) is 0 Å². The number of rotatable bonds is 6. The molecule has 1 heterocycles. The highest BCUT2D eigenvalue weighted by Crippen LogP contribution is 2.08. The zero-order chi connectivity index (χ0) is 13.4. The summed E-state index contributed by atoms with van der Waals surface area (Å²) >= 11 is 0. The zero-order valence-electron chi connectivity index (χ0n) is 10.6. The molecule has 0 atom stereocenters. The highest BCUT2D eigenvalue weighted by atomic mass is 35.5. The molecule has 2 N–H and O–H groups in total. The van der Waals surface area contributed by atoms with E-state index in [0.29, 0.717) is 19.6 Å². The van der Waals surface area contributed by atoms with Gasteiger partial charge in [-0.05, 0) is 19.4 Å². The molecule has 7 heteroatoms. The molecule has 19 heavy (non-hydrogen) atoms. The minimum absolute atomic E-state index is 0. The SMILES string of the molecule is CCOC(=O)CCCNC(=O)c1cncc(O)c1.[Cl-]. The number of aromatic hydroxyl groups is 1. The van der Waals surface area contributed by atoms with Crippen molar-refractivity contribution < 1.29 is 31.8 Å². The number of ether oxygens (including phenoxy) is 1. The Hall–Kier alpha value is -1.82. The second-order valence-electron chi connectivity index (χ2n) is 3.60. The molecule has 0 spiro atoms. The van der Waals surface area contributed by atoms with Crippen LogP contribution >= 0.6 is 0 Å². The third kappa shape index (κ3) is 6.61. The number of hydrogen-bond acceptors (Lipinski definition) is 5. The molecule has 0 radical (unpaired) electrons. The molecule has 1 amide bonds. The molecule has 0 aromatic carbocycles. The van der Waals surface area contributed by atoms with Crippen molar-refractivity contribution in [2.75, 3.05) is 13.2 Å². The fourth-order valence-corrected chi connectivity index (χ4v) is 1.32. The molecule has 0 saturated heterocycles. The van der Waals surface area contributed by atoms with Crippen molar-refractivity contribution in [2.24, 2.45) is 0 Å². The van der Waals surface area contributed by atoms with Crippen LogP contribution < -0.4 is 17.7 Å². The molecule has 0 unspecified atom stereocenters. The average Bonchev–Trinajstić information content (AvgIpc) is 2.35. The minimum Gasteiger partial charge on any atom is -1.00 e. The van der Waals surface area contributed by atoms with E-state index in [0.717, 1.165) is 0 Å². The van der Waals surface area contributed by atoms with Crippen LogP contribution in [0.5, 0.6) is 5.75 Å². The smallest absolute Gasteiger partial charge is 0.305 e. The third-order valence-corrected chi connectivity index (χ3v) is 2.13. The first-order valence-electron chi connectivity index (χ1n) is 5.71. The van der Waals surface area contributed by atoms with Gasteiger partial charge in [0.2, 0.25) is 0 Å². The summed E-state index contributed by atoms with van der Waals surface area (Å²) in [5.74, 6) is -0.665. The van der Waals surface area contributed by atoms with Gasteiger partial charge in [0.15, 0.2) is 0 Å². The minimum atomic E-state index is -0.331. The van der Waals surface area contributed by atoms with Gasteiger partial charge in [0.25, 0.3) is 5.91 Å². The summed E-state index contributed by atoms with van der Waals surface area (Å²) in [6.45, 7) is 2.47. The number of amides is 1.